The number of hydrogen-bond acceptors (Lipinski definition) is 3. The molecule has 1 aliphatic carbocycles. The van der Waals surface area contributed by atoms with Gasteiger partial charge in [0.1, 0.15) is 10.7 Å². The minimum absolute atomic E-state index is 0.0525. The van der Waals surface area contributed by atoms with Gasteiger partial charge in [-0.3, -0.25) is 0 Å². The summed E-state index contributed by atoms with van der Waals surface area (Å²) in [5, 5.41) is 9.64. The molecule has 7 heteroatoms. The first kappa shape index (κ1) is 13.7. The van der Waals surface area contributed by atoms with Crippen LogP contribution in [0.2, 0.25) is 5.02 Å². The molecule has 0 amide bonds. The molecule has 100 valence electrons. The number of benzene rings is 1. The van der Waals surface area contributed by atoms with Crippen LogP contribution in [-0.2, 0) is 10.0 Å². The van der Waals surface area contributed by atoms with Gasteiger partial charge in [0.25, 0.3) is 0 Å². The van der Waals surface area contributed by atoms with Gasteiger partial charge in [-0.1, -0.05) is 11.6 Å². The normalized spacial score (nSPS) is 18.4. The van der Waals surface area contributed by atoms with Crippen LogP contribution < -0.4 is 4.72 Å². The largest absolute Gasteiger partial charge is 0.389 e. The summed E-state index contributed by atoms with van der Waals surface area (Å²) < 4.78 is 39.0. The predicted octanol–water partition coefficient (Wildman–Crippen LogP) is 1.67. The van der Waals surface area contributed by atoms with Crippen LogP contribution in [0.1, 0.15) is 19.3 Å². The lowest BCUT2D eigenvalue weighted by Gasteiger charge is -2.36. The predicted molar refractivity (Wildman–Crippen MR) is 65.4 cm³/mol. The third-order valence-corrected chi connectivity index (χ3v) is 4.94. The summed E-state index contributed by atoms with van der Waals surface area (Å²) in [5.41, 5.74) is -0.959. The van der Waals surface area contributed by atoms with E-state index in [1.165, 1.54) is 0 Å². The van der Waals surface area contributed by atoms with Crippen LogP contribution in [-0.4, -0.2) is 25.7 Å². The summed E-state index contributed by atoms with van der Waals surface area (Å²) in [5.74, 6) is -0.600. The smallest absolute Gasteiger partial charge is 0.242 e. The maximum Gasteiger partial charge on any atom is 0.242 e. The standard InChI is InChI=1S/C11H13ClFNO3S/c12-9-6-8(13)2-3-10(9)18(16,17)14-7-11(15)4-1-5-11/h2-3,6,14-15H,1,4-5,7H2. The molecule has 0 unspecified atom stereocenters. The molecule has 4 nitrogen and oxygen atoms in total. The minimum Gasteiger partial charge on any atom is -0.389 e. The third-order valence-electron chi connectivity index (χ3n) is 3.06. The van der Waals surface area contributed by atoms with Crippen molar-refractivity contribution in [3.05, 3.63) is 29.0 Å². The fourth-order valence-electron chi connectivity index (χ4n) is 1.76. The molecule has 0 atom stereocenters. The van der Waals surface area contributed by atoms with E-state index in [1.807, 2.05) is 0 Å². The number of nitrogens with one attached hydrogen (secondary N) is 1. The van der Waals surface area contributed by atoms with E-state index in [0.717, 1.165) is 24.6 Å². The van der Waals surface area contributed by atoms with Gasteiger partial charge in [-0.05, 0) is 37.5 Å². The number of halogens is 2. The molecule has 1 aliphatic rings. The molecule has 2 rings (SSSR count). The molecule has 0 radical (unpaired) electrons. The number of sulfonamides is 1. The van der Waals surface area contributed by atoms with Crippen LogP contribution in [0, 0.1) is 5.82 Å². The van der Waals surface area contributed by atoms with Crippen LogP contribution in [0.4, 0.5) is 4.39 Å². The van der Waals surface area contributed by atoms with Crippen molar-refractivity contribution in [2.45, 2.75) is 29.8 Å². The summed E-state index contributed by atoms with van der Waals surface area (Å²) in [6, 6.07) is 3.07. The zero-order valence-electron chi connectivity index (χ0n) is 9.49. The van der Waals surface area contributed by atoms with E-state index in [4.69, 9.17) is 11.6 Å². The molecule has 1 aromatic rings. The molecular formula is C11H13ClFNO3S. The lowest BCUT2D eigenvalue weighted by molar-refractivity contribution is -0.0270. The highest BCUT2D eigenvalue weighted by atomic mass is 35.5. The average Bonchev–Trinajstić information content (AvgIpc) is 2.23. The minimum atomic E-state index is -3.83. The van der Waals surface area contributed by atoms with Crippen LogP contribution >= 0.6 is 11.6 Å². The Bertz CT molecular complexity index is 557. The zero-order valence-corrected chi connectivity index (χ0v) is 11.1. The molecule has 0 spiro atoms. The molecule has 0 aromatic heterocycles. The molecule has 18 heavy (non-hydrogen) atoms. The quantitative estimate of drug-likeness (QED) is 0.887. The summed E-state index contributed by atoms with van der Waals surface area (Å²) in [6.07, 6.45) is 2.04. The van der Waals surface area contributed by atoms with Crippen molar-refractivity contribution >= 4 is 21.6 Å². The summed E-state index contributed by atoms with van der Waals surface area (Å²) in [4.78, 5) is -0.187. The van der Waals surface area contributed by atoms with Crippen LogP contribution in [0.25, 0.3) is 0 Å². The first-order valence-corrected chi connectivity index (χ1v) is 7.36. The van der Waals surface area contributed by atoms with Crippen molar-refractivity contribution in [2.75, 3.05) is 6.54 Å². The van der Waals surface area contributed by atoms with E-state index in [-0.39, 0.29) is 16.5 Å². The molecule has 0 saturated heterocycles. The van der Waals surface area contributed by atoms with Gasteiger partial charge in [0, 0.05) is 6.54 Å². The van der Waals surface area contributed by atoms with Crippen LogP contribution in [0.15, 0.2) is 23.1 Å². The van der Waals surface area contributed by atoms with Gasteiger partial charge in [-0.15, -0.1) is 0 Å². The van der Waals surface area contributed by atoms with E-state index in [2.05, 4.69) is 4.72 Å². The van der Waals surface area contributed by atoms with E-state index in [1.54, 1.807) is 0 Å². The Morgan fingerprint density at radius 1 is 1.44 bits per heavy atom. The van der Waals surface area contributed by atoms with E-state index in [9.17, 15) is 17.9 Å². The number of aliphatic hydroxyl groups is 1. The van der Waals surface area contributed by atoms with Crippen molar-refractivity contribution < 1.29 is 17.9 Å². The highest BCUT2D eigenvalue weighted by Crippen LogP contribution is 2.31. The van der Waals surface area contributed by atoms with Gasteiger partial charge in [-0.2, -0.15) is 0 Å². The summed E-state index contributed by atoms with van der Waals surface area (Å²) in [7, 11) is -3.83. The van der Waals surface area contributed by atoms with Crippen molar-refractivity contribution in [1.29, 1.82) is 0 Å². The van der Waals surface area contributed by atoms with Crippen molar-refractivity contribution in [3.63, 3.8) is 0 Å². The molecule has 1 saturated carbocycles. The lowest BCUT2D eigenvalue weighted by atomic mass is 9.81. The van der Waals surface area contributed by atoms with Gasteiger partial charge < -0.3 is 5.11 Å². The average molecular weight is 294 g/mol. The van der Waals surface area contributed by atoms with Gasteiger partial charge >= 0.3 is 0 Å². The Balaban J connectivity index is 2.15. The first-order valence-electron chi connectivity index (χ1n) is 5.50. The molecule has 0 bridgehead atoms. The second kappa shape index (κ2) is 4.77. The highest BCUT2D eigenvalue weighted by Gasteiger charge is 2.35. The Morgan fingerprint density at radius 2 is 2.11 bits per heavy atom. The number of hydrogen-bond donors (Lipinski definition) is 2. The highest BCUT2D eigenvalue weighted by molar-refractivity contribution is 7.89. The molecule has 1 aromatic carbocycles. The lowest BCUT2D eigenvalue weighted by Crippen LogP contribution is -2.47. The third kappa shape index (κ3) is 2.83. The molecule has 0 heterocycles. The molecule has 0 aliphatic heterocycles. The van der Waals surface area contributed by atoms with Crippen molar-refractivity contribution in [3.8, 4) is 0 Å². The van der Waals surface area contributed by atoms with Gasteiger partial charge in [0.15, 0.2) is 0 Å². The maximum atomic E-state index is 12.8. The second-order valence-corrected chi connectivity index (χ2v) is 6.62. The molecular weight excluding hydrogens is 281 g/mol. The van der Waals surface area contributed by atoms with Crippen molar-refractivity contribution in [1.82, 2.24) is 4.72 Å². The first-order chi connectivity index (χ1) is 8.32. The number of rotatable bonds is 4. The monoisotopic (exact) mass is 293 g/mol. The zero-order chi connectivity index (χ0) is 13.4. The van der Waals surface area contributed by atoms with Crippen molar-refractivity contribution in [2.24, 2.45) is 0 Å². The second-order valence-electron chi connectivity index (χ2n) is 4.48. The molecule has 1 fully saturated rings. The Labute approximate surface area is 110 Å². The van der Waals surface area contributed by atoms with E-state index >= 15 is 0 Å². The van der Waals surface area contributed by atoms with Crippen LogP contribution in [0.3, 0.4) is 0 Å². The molecule has 2 N–H and O–H groups in total. The fraction of sp³-hybridized carbons (Fsp3) is 0.455. The topological polar surface area (TPSA) is 66.4 Å². The van der Waals surface area contributed by atoms with Gasteiger partial charge in [-0.25, -0.2) is 17.5 Å². The van der Waals surface area contributed by atoms with E-state index < -0.39 is 21.4 Å². The van der Waals surface area contributed by atoms with Gasteiger partial charge in [0.05, 0.1) is 10.6 Å². The van der Waals surface area contributed by atoms with Gasteiger partial charge in [0.2, 0.25) is 10.0 Å². The SMILES string of the molecule is O=S(=O)(NCC1(O)CCC1)c1ccc(F)cc1Cl. The maximum absolute atomic E-state index is 12.8. The fourth-order valence-corrected chi connectivity index (χ4v) is 3.41. The Hall–Kier alpha value is -0.690. The van der Waals surface area contributed by atoms with E-state index in [0.29, 0.717) is 12.8 Å². The Kier molecular flexibility index (Phi) is 3.64. The summed E-state index contributed by atoms with van der Waals surface area (Å²) in [6.45, 7) is -0.0525. The Morgan fingerprint density at radius 3 is 2.61 bits per heavy atom. The van der Waals surface area contributed by atoms with Crippen LogP contribution in [0.5, 0.6) is 0 Å². The summed E-state index contributed by atoms with van der Waals surface area (Å²) >= 11 is 5.69.